The topological polar surface area (TPSA) is 75.4 Å². The first kappa shape index (κ1) is 15.5. The number of imide groups is 1. The fourth-order valence-corrected chi connectivity index (χ4v) is 2.65. The largest absolute Gasteiger partial charge is 0.334 e. The lowest BCUT2D eigenvalue weighted by atomic mass is 9.86. The van der Waals surface area contributed by atoms with Gasteiger partial charge in [0.1, 0.15) is 0 Å². The zero-order chi connectivity index (χ0) is 15.6. The standard InChI is InChI=1S/C16H23N3O2/c1-16(2,3)9-12-8-14(20)19(15(21)18-12)13-6-4-5-11(7-13)10-17/h4-7,12H,8-10,17H2,1-3H3,(H,18,21). The van der Waals surface area contributed by atoms with Gasteiger partial charge in [0, 0.05) is 19.0 Å². The maximum atomic E-state index is 12.3. The third-order valence-electron chi connectivity index (χ3n) is 3.46. The van der Waals surface area contributed by atoms with Crippen LogP contribution in [-0.4, -0.2) is 18.0 Å². The lowest BCUT2D eigenvalue weighted by Gasteiger charge is -2.34. The summed E-state index contributed by atoms with van der Waals surface area (Å²) in [5.74, 6) is -0.165. The summed E-state index contributed by atoms with van der Waals surface area (Å²) in [6.45, 7) is 6.67. The highest BCUT2D eigenvalue weighted by Crippen LogP contribution is 2.26. The van der Waals surface area contributed by atoms with Crippen LogP contribution in [-0.2, 0) is 11.3 Å². The van der Waals surface area contributed by atoms with Crippen LogP contribution in [0, 0.1) is 5.41 Å². The first-order chi connectivity index (χ1) is 9.80. The number of carbonyl (C=O) groups excluding carboxylic acids is 2. The van der Waals surface area contributed by atoms with Crippen LogP contribution >= 0.6 is 0 Å². The number of carbonyl (C=O) groups is 2. The normalized spacial score (nSPS) is 19.6. The van der Waals surface area contributed by atoms with Crippen molar-refractivity contribution in [3.63, 3.8) is 0 Å². The van der Waals surface area contributed by atoms with E-state index in [0.29, 0.717) is 18.7 Å². The molecule has 0 aromatic heterocycles. The molecule has 3 N–H and O–H groups in total. The van der Waals surface area contributed by atoms with Crippen molar-refractivity contribution < 1.29 is 9.59 Å². The van der Waals surface area contributed by atoms with Gasteiger partial charge in [-0.1, -0.05) is 32.9 Å². The molecule has 2 rings (SSSR count). The maximum absolute atomic E-state index is 12.3. The zero-order valence-electron chi connectivity index (χ0n) is 12.8. The predicted molar refractivity (Wildman–Crippen MR) is 82.8 cm³/mol. The molecule has 0 saturated carbocycles. The van der Waals surface area contributed by atoms with Crippen molar-refractivity contribution in [3.05, 3.63) is 29.8 Å². The summed E-state index contributed by atoms with van der Waals surface area (Å²) < 4.78 is 0. The van der Waals surface area contributed by atoms with E-state index in [2.05, 4.69) is 26.1 Å². The fourth-order valence-electron chi connectivity index (χ4n) is 2.65. The van der Waals surface area contributed by atoms with E-state index in [1.807, 2.05) is 6.07 Å². The first-order valence-corrected chi connectivity index (χ1v) is 7.22. The van der Waals surface area contributed by atoms with Gasteiger partial charge in [-0.25, -0.2) is 9.69 Å². The first-order valence-electron chi connectivity index (χ1n) is 7.22. The second-order valence-electron chi connectivity index (χ2n) is 6.72. The minimum absolute atomic E-state index is 0.0693. The van der Waals surface area contributed by atoms with Crippen molar-refractivity contribution in [1.82, 2.24) is 5.32 Å². The van der Waals surface area contributed by atoms with E-state index < -0.39 is 0 Å². The molecule has 0 spiro atoms. The highest BCUT2D eigenvalue weighted by atomic mass is 16.2. The lowest BCUT2D eigenvalue weighted by molar-refractivity contribution is -0.119. The Morgan fingerprint density at radius 2 is 2.05 bits per heavy atom. The van der Waals surface area contributed by atoms with Gasteiger partial charge in [-0.05, 0) is 29.5 Å². The average Bonchev–Trinajstić information content (AvgIpc) is 2.36. The Morgan fingerprint density at radius 3 is 2.62 bits per heavy atom. The molecule has 0 bridgehead atoms. The van der Waals surface area contributed by atoms with Crippen LogP contribution in [0.5, 0.6) is 0 Å². The van der Waals surface area contributed by atoms with Crippen molar-refractivity contribution in [2.75, 3.05) is 4.90 Å². The van der Waals surface area contributed by atoms with Gasteiger partial charge in [0.2, 0.25) is 5.91 Å². The predicted octanol–water partition coefficient (Wildman–Crippen LogP) is 2.40. The highest BCUT2D eigenvalue weighted by Gasteiger charge is 2.34. The van der Waals surface area contributed by atoms with Gasteiger partial charge in [-0.15, -0.1) is 0 Å². The lowest BCUT2D eigenvalue weighted by Crippen LogP contribution is -2.55. The quantitative estimate of drug-likeness (QED) is 0.897. The molecular formula is C16H23N3O2. The molecule has 5 heteroatoms. The number of nitrogens with one attached hydrogen (secondary N) is 1. The molecule has 1 aliphatic heterocycles. The molecule has 1 saturated heterocycles. The second kappa shape index (κ2) is 5.85. The summed E-state index contributed by atoms with van der Waals surface area (Å²) in [6.07, 6.45) is 1.11. The van der Waals surface area contributed by atoms with Gasteiger partial charge < -0.3 is 11.1 Å². The number of urea groups is 1. The van der Waals surface area contributed by atoms with E-state index in [0.717, 1.165) is 12.0 Å². The van der Waals surface area contributed by atoms with Crippen LogP contribution in [0.2, 0.25) is 0 Å². The smallest absolute Gasteiger partial charge is 0.328 e. The van der Waals surface area contributed by atoms with Crippen LogP contribution in [0.1, 0.15) is 39.2 Å². The summed E-state index contributed by atoms with van der Waals surface area (Å²) in [7, 11) is 0. The van der Waals surface area contributed by atoms with Gasteiger partial charge >= 0.3 is 6.03 Å². The minimum atomic E-state index is -0.352. The van der Waals surface area contributed by atoms with Crippen molar-refractivity contribution in [3.8, 4) is 0 Å². The third-order valence-corrected chi connectivity index (χ3v) is 3.46. The van der Waals surface area contributed by atoms with Crippen molar-refractivity contribution in [1.29, 1.82) is 0 Å². The van der Waals surface area contributed by atoms with E-state index in [1.54, 1.807) is 18.2 Å². The molecule has 1 heterocycles. The summed E-state index contributed by atoms with van der Waals surface area (Å²) in [5.41, 5.74) is 7.15. The highest BCUT2D eigenvalue weighted by molar-refractivity contribution is 6.16. The SMILES string of the molecule is CC(C)(C)CC1CC(=O)N(c2cccc(CN)c2)C(=O)N1. The Morgan fingerprint density at radius 1 is 1.33 bits per heavy atom. The zero-order valence-corrected chi connectivity index (χ0v) is 12.8. The van der Waals surface area contributed by atoms with E-state index >= 15 is 0 Å². The monoisotopic (exact) mass is 289 g/mol. The number of benzene rings is 1. The van der Waals surface area contributed by atoms with Gasteiger partial charge in [0.05, 0.1) is 5.69 Å². The third kappa shape index (κ3) is 3.82. The van der Waals surface area contributed by atoms with Gasteiger partial charge in [-0.2, -0.15) is 0 Å². The molecular weight excluding hydrogens is 266 g/mol. The summed E-state index contributed by atoms with van der Waals surface area (Å²) in [5, 5.41) is 2.92. The van der Waals surface area contributed by atoms with Crippen LogP contribution in [0.3, 0.4) is 0 Å². The molecule has 3 amide bonds. The van der Waals surface area contributed by atoms with Crippen molar-refractivity contribution in [2.24, 2.45) is 11.1 Å². The Kier molecular flexibility index (Phi) is 4.32. The van der Waals surface area contributed by atoms with Crippen molar-refractivity contribution in [2.45, 2.75) is 46.2 Å². The van der Waals surface area contributed by atoms with Crippen molar-refractivity contribution >= 4 is 17.6 Å². The van der Waals surface area contributed by atoms with E-state index in [4.69, 9.17) is 5.73 Å². The molecule has 1 aromatic rings. The summed E-state index contributed by atoms with van der Waals surface area (Å²) in [4.78, 5) is 25.8. The van der Waals surface area contributed by atoms with Gasteiger partial charge in [0.15, 0.2) is 0 Å². The molecule has 1 aliphatic rings. The van der Waals surface area contributed by atoms with Crippen LogP contribution in [0.25, 0.3) is 0 Å². The molecule has 114 valence electrons. The van der Waals surface area contributed by atoms with Crippen LogP contribution < -0.4 is 16.0 Å². The van der Waals surface area contributed by atoms with Gasteiger partial charge in [-0.3, -0.25) is 4.79 Å². The number of rotatable bonds is 3. The number of nitrogens with zero attached hydrogens (tertiary/aromatic N) is 1. The molecule has 1 aromatic carbocycles. The molecule has 0 aliphatic carbocycles. The maximum Gasteiger partial charge on any atom is 0.328 e. The number of amides is 3. The van der Waals surface area contributed by atoms with Crippen LogP contribution in [0.4, 0.5) is 10.5 Å². The Bertz CT molecular complexity index is 531. The Balaban J connectivity index is 2.16. The summed E-state index contributed by atoms with van der Waals surface area (Å²) >= 11 is 0. The van der Waals surface area contributed by atoms with E-state index in [-0.39, 0.29) is 23.4 Å². The second-order valence-corrected chi connectivity index (χ2v) is 6.72. The van der Waals surface area contributed by atoms with Crippen LogP contribution in [0.15, 0.2) is 24.3 Å². The van der Waals surface area contributed by atoms with E-state index in [9.17, 15) is 9.59 Å². The molecule has 5 nitrogen and oxygen atoms in total. The molecule has 21 heavy (non-hydrogen) atoms. The Hall–Kier alpha value is -1.88. The molecule has 1 unspecified atom stereocenters. The molecule has 1 atom stereocenters. The molecule has 1 fully saturated rings. The number of anilines is 1. The minimum Gasteiger partial charge on any atom is -0.334 e. The fraction of sp³-hybridized carbons (Fsp3) is 0.500. The molecule has 0 radical (unpaired) electrons. The Labute approximate surface area is 125 Å². The number of hydrogen-bond acceptors (Lipinski definition) is 3. The average molecular weight is 289 g/mol. The number of nitrogens with two attached hydrogens (primary N) is 1. The van der Waals surface area contributed by atoms with Gasteiger partial charge in [0.25, 0.3) is 0 Å². The summed E-state index contributed by atoms with van der Waals surface area (Å²) in [6, 6.07) is 6.76. The van der Waals surface area contributed by atoms with E-state index in [1.165, 1.54) is 4.90 Å². The number of hydrogen-bond donors (Lipinski definition) is 2.